The van der Waals surface area contributed by atoms with Crippen LogP contribution in [-0.4, -0.2) is 31.0 Å². The first-order chi connectivity index (χ1) is 12.8. The Hall–Kier alpha value is -2.93. The van der Waals surface area contributed by atoms with Gasteiger partial charge >= 0.3 is 0 Å². The number of rotatable bonds is 6. The molecular weight excluding hydrogens is 346 g/mol. The molecule has 2 aromatic carbocycles. The van der Waals surface area contributed by atoms with E-state index in [1.165, 1.54) is 11.8 Å². The molecule has 0 bridgehead atoms. The zero-order valence-electron chi connectivity index (χ0n) is 14.2. The molecule has 0 fully saturated rings. The van der Waals surface area contributed by atoms with Crippen molar-refractivity contribution in [3.05, 3.63) is 71.9 Å². The summed E-state index contributed by atoms with van der Waals surface area (Å²) in [5.74, 6) is 0.0318. The number of aryl methyl sites for hydroxylation is 1. The summed E-state index contributed by atoms with van der Waals surface area (Å²) in [5, 5.41) is 12.9. The fourth-order valence-electron chi connectivity index (χ4n) is 2.90. The second-order valence-electron chi connectivity index (χ2n) is 5.80. The maximum Gasteiger partial charge on any atom is 0.210 e. The van der Waals surface area contributed by atoms with Gasteiger partial charge < -0.3 is 4.98 Å². The molecule has 130 valence electrons. The Morgan fingerprint density at radius 2 is 1.92 bits per heavy atom. The summed E-state index contributed by atoms with van der Waals surface area (Å²) in [6, 6.07) is 17.6. The summed E-state index contributed by atoms with van der Waals surface area (Å²) in [7, 11) is 0. The van der Waals surface area contributed by atoms with Crippen molar-refractivity contribution in [2.45, 2.75) is 23.9 Å². The number of para-hydroxylation sites is 1. The number of tetrazole rings is 1. The molecule has 0 spiro atoms. The number of aromatic amines is 1. The average Bonchev–Trinajstić information content (AvgIpc) is 3.32. The van der Waals surface area contributed by atoms with Crippen molar-refractivity contribution in [1.29, 1.82) is 0 Å². The van der Waals surface area contributed by atoms with Crippen LogP contribution in [0.3, 0.4) is 0 Å². The summed E-state index contributed by atoms with van der Waals surface area (Å²) in [4.78, 5) is 16.6. The highest BCUT2D eigenvalue weighted by Gasteiger charge is 2.27. The number of ketones is 1. The van der Waals surface area contributed by atoms with Gasteiger partial charge in [-0.2, -0.15) is 0 Å². The Balaban J connectivity index is 1.76. The van der Waals surface area contributed by atoms with Gasteiger partial charge in [-0.3, -0.25) is 4.79 Å². The molecule has 2 aromatic heterocycles. The van der Waals surface area contributed by atoms with Crippen LogP contribution >= 0.6 is 11.8 Å². The minimum atomic E-state index is -0.424. The lowest BCUT2D eigenvalue weighted by molar-refractivity contribution is 0.0991. The Morgan fingerprint density at radius 3 is 2.73 bits per heavy atom. The van der Waals surface area contributed by atoms with Crippen molar-refractivity contribution in [2.24, 2.45) is 0 Å². The molecule has 2 heterocycles. The molecule has 1 unspecified atom stereocenters. The third-order valence-corrected chi connectivity index (χ3v) is 5.44. The normalized spacial score (nSPS) is 12.3. The van der Waals surface area contributed by atoms with Gasteiger partial charge in [0.2, 0.25) is 5.16 Å². The van der Waals surface area contributed by atoms with Gasteiger partial charge in [0.25, 0.3) is 0 Å². The number of nitrogens with zero attached hydrogens (tertiary/aromatic N) is 4. The van der Waals surface area contributed by atoms with Crippen LogP contribution in [0.4, 0.5) is 0 Å². The lowest BCUT2D eigenvalue weighted by Crippen LogP contribution is -2.11. The van der Waals surface area contributed by atoms with E-state index in [2.05, 4.69) is 20.5 Å². The lowest BCUT2D eigenvalue weighted by Gasteiger charge is -2.15. The molecule has 0 amide bonds. The van der Waals surface area contributed by atoms with Gasteiger partial charge in [0.15, 0.2) is 5.78 Å². The Morgan fingerprint density at radius 1 is 1.15 bits per heavy atom. The lowest BCUT2D eigenvalue weighted by atomic mass is 10.0. The fraction of sp³-hybridized carbons (Fsp3) is 0.158. The first-order valence-electron chi connectivity index (χ1n) is 8.36. The fourth-order valence-corrected chi connectivity index (χ4v) is 4.01. The number of hydrogen-bond acceptors (Lipinski definition) is 5. The van der Waals surface area contributed by atoms with Crippen LogP contribution in [0, 0.1) is 0 Å². The monoisotopic (exact) mass is 363 g/mol. The van der Waals surface area contributed by atoms with Crippen LogP contribution < -0.4 is 0 Å². The highest BCUT2D eigenvalue weighted by atomic mass is 32.2. The zero-order valence-corrected chi connectivity index (χ0v) is 15.0. The molecular formula is C19H17N5OS. The van der Waals surface area contributed by atoms with Gasteiger partial charge in [-0.1, -0.05) is 60.3 Å². The van der Waals surface area contributed by atoms with Gasteiger partial charge in [0.05, 0.1) is 0 Å². The molecule has 0 aliphatic heterocycles. The van der Waals surface area contributed by atoms with E-state index in [9.17, 15) is 4.79 Å². The van der Waals surface area contributed by atoms with Crippen molar-refractivity contribution >= 4 is 28.4 Å². The molecule has 6 nitrogen and oxygen atoms in total. The molecule has 1 atom stereocenters. The molecule has 4 aromatic rings. The number of carbonyl (C=O) groups excluding carboxylic acids is 1. The van der Waals surface area contributed by atoms with Crippen LogP contribution in [0.5, 0.6) is 0 Å². The number of nitrogens with one attached hydrogen (secondary N) is 1. The molecule has 0 aliphatic rings. The van der Waals surface area contributed by atoms with E-state index in [1.54, 1.807) is 10.9 Å². The number of carbonyl (C=O) groups is 1. The summed E-state index contributed by atoms with van der Waals surface area (Å²) < 4.78 is 1.70. The molecule has 4 rings (SSSR count). The van der Waals surface area contributed by atoms with Gasteiger partial charge in [-0.25, -0.2) is 4.68 Å². The van der Waals surface area contributed by atoms with Crippen LogP contribution in [0.15, 0.2) is 66.0 Å². The molecule has 26 heavy (non-hydrogen) atoms. The Labute approximate surface area is 154 Å². The SMILES string of the molecule is CCn1nnnc1SC(C(=O)c1c[nH]c2ccccc12)c1ccccc1. The average molecular weight is 363 g/mol. The van der Waals surface area contributed by atoms with Crippen LogP contribution in [-0.2, 0) is 6.54 Å². The third-order valence-electron chi connectivity index (χ3n) is 4.22. The van der Waals surface area contributed by atoms with Crippen molar-refractivity contribution in [2.75, 3.05) is 0 Å². The number of Topliss-reactive ketones (excluding diaryl/α,β-unsaturated/α-hetero) is 1. The van der Waals surface area contributed by atoms with E-state index in [-0.39, 0.29) is 5.78 Å². The quantitative estimate of drug-likeness (QED) is 0.415. The summed E-state index contributed by atoms with van der Waals surface area (Å²) in [6.07, 6.45) is 1.78. The van der Waals surface area contributed by atoms with Crippen LogP contribution in [0.1, 0.15) is 28.1 Å². The minimum absolute atomic E-state index is 0.0318. The van der Waals surface area contributed by atoms with E-state index in [4.69, 9.17) is 0 Å². The molecule has 0 saturated heterocycles. The second-order valence-corrected chi connectivity index (χ2v) is 6.87. The molecule has 0 aliphatic carbocycles. The van der Waals surface area contributed by atoms with E-state index in [0.29, 0.717) is 17.3 Å². The van der Waals surface area contributed by atoms with Crippen molar-refractivity contribution in [3.63, 3.8) is 0 Å². The van der Waals surface area contributed by atoms with Gasteiger partial charge in [-0.05, 0) is 29.0 Å². The van der Waals surface area contributed by atoms with E-state index in [0.717, 1.165) is 16.5 Å². The number of fused-ring (bicyclic) bond motifs is 1. The maximum atomic E-state index is 13.4. The summed E-state index contributed by atoms with van der Waals surface area (Å²) in [5.41, 5.74) is 2.56. The van der Waals surface area contributed by atoms with Gasteiger partial charge in [0, 0.05) is 29.2 Å². The van der Waals surface area contributed by atoms with Crippen molar-refractivity contribution in [1.82, 2.24) is 25.2 Å². The number of thioether (sulfide) groups is 1. The number of benzene rings is 2. The Kier molecular flexibility index (Phi) is 4.53. The Bertz CT molecular complexity index is 1040. The summed E-state index contributed by atoms with van der Waals surface area (Å²) in [6.45, 7) is 2.62. The number of hydrogen-bond donors (Lipinski definition) is 1. The largest absolute Gasteiger partial charge is 0.360 e. The second kappa shape index (κ2) is 7.13. The molecule has 0 radical (unpaired) electrons. The maximum absolute atomic E-state index is 13.4. The van der Waals surface area contributed by atoms with E-state index >= 15 is 0 Å². The highest BCUT2D eigenvalue weighted by molar-refractivity contribution is 8.00. The van der Waals surface area contributed by atoms with E-state index < -0.39 is 5.25 Å². The van der Waals surface area contributed by atoms with Crippen molar-refractivity contribution < 1.29 is 4.79 Å². The van der Waals surface area contributed by atoms with E-state index in [1.807, 2.05) is 61.5 Å². The molecule has 7 heteroatoms. The van der Waals surface area contributed by atoms with Crippen molar-refractivity contribution in [3.8, 4) is 0 Å². The molecule has 1 N–H and O–H groups in total. The van der Waals surface area contributed by atoms with Gasteiger partial charge in [-0.15, -0.1) is 5.10 Å². The first-order valence-corrected chi connectivity index (χ1v) is 9.24. The van der Waals surface area contributed by atoms with Crippen LogP contribution in [0.25, 0.3) is 10.9 Å². The predicted octanol–water partition coefficient (Wildman–Crippen LogP) is 3.89. The minimum Gasteiger partial charge on any atom is -0.360 e. The predicted molar refractivity (Wildman–Crippen MR) is 101 cm³/mol. The van der Waals surface area contributed by atoms with Crippen LogP contribution in [0.2, 0.25) is 0 Å². The summed E-state index contributed by atoms with van der Waals surface area (Å²) >= 11 is 1.38. The number of H-pyrrole nitrogens is 1. The highest BCUT2D eigenvalue weighted by Crippen LogP contribution is 2.37. The zero-order chi connectivity index (χ0) is 17.9. The van der Waals surface area contributed by atoms with Gasteiger partial charge in [0.1, 0.15) is 5.25 Å². The smallest absolute Gasteiger partial charge is 0.210 e. The topological polar surface area (TPSA) is 76.5 Å². The first kappa shape index (κ1) is 16.5. The third kappa shape index (κ3) is 3.01. The standard InChI is InChI=1S/C19H17N5OS/c1-2-24-19(21-22-23-24)26-18(13-8-4-3-5-9-13)17(25)15-12-20-16-11-7-6-10-14(15)16/h3-12,18,20H,2H2,1H3. The molecule has 0 saturated carbocycles. The number of aromatic nitrogens is 5.